The molecule has 0 bridgehead atoms. The predicted octanol–water partition coefficient (Wildman–Crippen LogP) is 4.55. The van der Waals surface area contributed by atoms with Crippen molar-refractivity contribution in [2.75, 3.05) is 16.8 Å². The Morgan fingerprint density at radius 1 is 1.21 bits per heavy atom. The lowest BCUT2D eigenvalue weighted by Crippen LogP contribution is -2.43. The van der Waals surface area contributed by atoms with Crippen molar-refractivity contribution in [3.63, 3.8) is 0 Å². The molecule has 0 aliphatic carbocycles. The zero-order chi connectivity index (χ0) is 23.9. The lowest BCUT2D eigenvalue weighted by molar-refractivity contribution is -0.137. The standard InChI is InChI=1S/C22H19F4N5O2/c1-12-7-14(8-16(9-23)28-12)20(32)29-18-10-27-31-13(2)11-30(21(33)19(18)31)17-5-3-15(4-6-17)22(24,25)26/h3-8,10,13H,9,11H2,1-2H3,(H,29,32)/t13-/m0/s1. The molecule has 7 nitrogen and oxygen atoms in total. The van der Waals surface area contributed by atoms with Crippen molar-refractivity contribution in [1.29, 1.82) is 0 Å². The molecule has 2 aromatic heterocycles. The van der Waals surface area contributed by atoms with E-state index in [9.17, 15) is 27.2 Å². The van der Waals surface area contributed by atoms with Gasteiger partial charge >= 0.3 is 6.18 Å². The fraction of sp³-hybridized carbons (Fsp3) is 0.273. The molecule has 11 heteroatoms. The molecule has 0 saturated carbocycles. The summed E-state index contributed by atoms with van der Waals surface area (Å²) < 4.78 is 53.1. The highest BCUT2D eigenvalue weighted by Crippen LogP contribution is 2.33. The highest BCUT2D eigenvalue weighted by molar-refractivity contribution is 6.13. The van der Waals surface area contributed by atoms with Gasteiger partial charge in [-0.25, -0.2) is 4.39 Å². The van der Waals surface area contributed by atoms with E-state index in [0.717, 1.165) is 12.1 Å². The Hall–Kier alpha value is -3.76. The number of aromatic nitrogens is 3. The first-order valence-corrected chi connectivity index (χ1v) is 10.00. The zero-order valence-electron chi connectivity index (χ0n) is 17.7. The van der Waals surface area contributed by atoms with E-state index in [0.29, 0.717) is 11.4 Å². The van der Waals surface area contributed by atoms with Gasteiger partial charge in [0.2, 0.25) is 0 Å². The van der Waals surface area contributed by atoms with Crippen LogP contribution in [0, 0.1) is 6.92 Å². The first-order chi connectivity index (χ1) is 15.6. The molecule has 172 valence electrons. The van der Waals surface area contributed by atoms with Crippen LogP contribution in [0.2, 0.25) is 0 Å². The third kappa shape index (κ3) is 4.30. The number of halogens is 4. The van der Waals surface area contributed by atoms with E-state index in [-0.39, 0.29) is 35.2 Å². The van der Waals surface area contributed by atoms with Crippen molar-refractivity contribution in [2.45, 2.75) is 32.7 Å². The first kappa shape index (κ1) is 22.4. The van der Waals surface area contributed by atoms with Gasteiger partial charge < -0.3 is 10.2 Å². The van der Waals surface area contributed by atoms with Gasteiger partial charge in [-0.1, -0.05) is 0 Å². The molecule has 4 rings (SSSR count). The fourth-order valence-corrected chi connectivity index (χ4v) is 3.74. The van der Waals surface area contributed by atoms with Crippen LogP contribution in [-0.4, -0.2) is 33.1 Å². The molecule has 0 unspecified atom stereocenters. The highest BCUT2D eigenvalue weighted by Gasteiger charge is 2.35. The van der Waals surface area contributed by atoms with Crippen molar-refractivity contribution in [3.05, 3.63) is 70.8 Å². The van der Waals surface area contributed by atoms with Gasteiger partial charge in [-0.3, -0.25) is 19.3 Å². The minimum Gasteiger partial charge on any atom is -0.319 e. The first-order valence-electron chi connectivity index (χ1n) is 10.00. The van der Waals surface area contributed by atoms with E-state index in [4.69, 9.17) is 0 Å². The molecular formula is C22H19F4N5O2. The van der Waals surface area contributed by atoms with Crippen LogP contribution in [0.15, 0.2) is 42.6 Å². The SMILES string of the molecule is Cc1cc(C(=O)Nc2cnn3c2C(=O)N(c2ccc(C(F)(F)F)cc2)C[C@@H]3C)cc(CF)n1. The van der Waals surface area contributed by atoms with Crippen molar-refractivity contribution < 1.29 is 27.2 Å². The number of amides is 2. The van der Waals surface area contributed by atoms with Crippen molar-refractivity contribution in [1.82, 2.24) is 14.8 Å². The molecule has 1 aliphatic rings. The van der Waals surface area contributed by atoms with Crippen LogP contribution < -0.4 is 10.2 Å². The average molecular weight is 461 g/mol. The average Bonchev–Trinajstić information content (AvgIpc) is 3.19. The maximum atomic E-state index is 13.2. The van der Waals surface area contributed by atoms with Crippen molar-refractivity contribution in [2.24, 2.45) is 0 Å². The normalized spacial score (nSPS) is 16.0. The van der Waals surface area contributed by atoms with Gasteiger partial charge in [-0.05, 0) is 50.2 Å². The van der Waals surface area contributed by atoms with Gasteiger partial charge in [0.1, 0.15) is 6.67 Å². The van der Waals surface area contributed by atoms with Gasteiger partial charge in [-0.15, -0.1) is 0 Å². The van der Waals surface area contributed by atoms with Crippen molar-refractivity contribution in [3.8, 4) is 0 Å². The summed E-state index contributed by atoms with van der Waals surface area (Å²) >= 11 is 0. The molecule has 33 heavy (non-hydrogen) atoms. The van der Waals surface area contributed by atoms with E-state index >= 15 is 0 Å². The number of pyridine rings is 1. The molecular weight excluding hydrogens is 442 g/mol. The number of aryl methyl sites for hydroxylation is 1. The highest BCUT2D eigenvalue weighted by atomic mass is 19.4. The Bertz CT molecular complexity index is 1220. The summed E-state index contributed by atoms with van der Waals surface area (Å²) in [7, 11) is 0. The Balaban J connectivity index is 1.63. The summed E-state index contributed by atoms with van der Waals surface area (Å²) in [6.45, 7) is 2.79. The number of hydrogen-bond acceptors (Lipinski definition) is 4. The van der Waals surface area contributed by atoms with Crippen LogP contribution in [0.5, 0.6) is 0 Å². The van der Waals surface area contributed by atoms with Gasteiger partial charge in [0.25, 0.3) is 11.8 Å². The maximum absolute atomic E-state index is 13.2. The molecule has 1 atom stereocenters. The number of carbonyl (C=O) groups is 2. The Morgan fingerprint density at radius 2 is 1.91 bits per heavy atom. The lowest BCUT2D eigenvalue weighted by Gasteiger charge is -2.32. The number of fused-ring (bicyclic) bond motifs is 1. The number of nitrogens with zero attached hydrogens (tertiary/aromatic N) is 4. The number of hydrogen-bond donors (Lipinski definition) is 1. The molecule has 1 aromatic carbocycles. The molecule has 3 aromatic rings. The van der Waals surface area contributed by atoms with Crippen LogP contribution in [0.1, 0.15) is 50.8 Å². The fourth-order valence-electron chi connectivity index (χ4n) is 3.74. The summed E-state index contributed by atoms with van der Waals surface area (Å²) in [5.41, 5.74) is 0.457. The van der Waals surface area contributed by atoms with Gasteiger partial charge in [0.15, 0.2) is 5.69 Å². The van der Waals surface area contributed by atoms with Crippen LogP contribution in [0.4, 0.5) is 28.9 Å². The van der Waals surface area contributed by atoms with Crippen LogP contribution in [-0.2, 0) is 12.9 Å². The minimum absolute atomic E-state index is 0.0958. The second-order valence-corrected chi connectivity index (χ2v) is 7.74. The van der Waals surface area contributed by atoms with E-state index in [1.54, 1.807) is 13.8 Å². The monoisotopic (exact) mass is 461 g/mol. The lowest BCUT2D eigenvalue weighted by atomic mass is 10.1. The molecule has 0 spiro atoms. The van der Waals surface area contributed by atoms with Crippen LogP contribution >= 0.6 is 0 Å². The zero-order valence-corrected chi connectivity index (χ0v) is 17.7. The van der Waals surface area contributed by atoms with Crippen molar-refractivity contribution >= 4 is 23.2 Å². The quantitative estimate of drug-likeness (QED) is 0.579. The van der Waals surface area contributed by atoms with Gasteiger partial charge in [0.05, 0.1) is 29.2 Å². The summed E-state index contributed by atoms with van der Waals surface area (Å²) in [6, 6.07) is 6.80. The summed E-state index contributed by atoms with van der Waals surface area (Å²) in [4.78, 5) is 31.3. The molecule has 0 radical (unpaired) electrons. The molecule has 1 aliphatic heterocycles. The smallest absolute Gasteiger partial charge is 0.319 e. The number of carbonyl (C=O) groups excluding carboxylic acids is 2. The molecule has 0 saturated heterocycles. The molecule has 3 heterocycles. The topological polar surface area (TPSA) is 80.1 Å². The second kappa shape index (κ2) is 8.30. The number of nitrogens with one attached hydrogen (secondary N) is 1. The summed E-state index contributed by atoms with van der Waals surface area (Å²) in [5.74, 6) is -1.09. The van der Waals surface area contributed by atoms with E-state index in [1.165, 1.54) is 40.0 Å². The van der Waals surface area contributed by atoms with Crippen LogP contribution in [0.3, 0.4) is 0 Å². The largest absolute Gasteiger partial charge is 0.416 e. The molecule has 0 fully saturated rings. The third-order valence-corrected chi connectivity index (χ3v) is 5.27. The van der Waals surface area contributed by atoms with Gasteiger partial charge in [0, 0.05) is 23.5 Å². The predicted molar refractivity (Wildman–Crippen MR) is 112 cm³/mol. The second-order valence-electron chi connectivity index (χ2n) is 7.74. The Morgan fingerprint density at radius 3 is 2.55 bits per heavy atom. The summed E-state index contributed by atoms with van der Waals surface area (Å²) in [5, 5.41) is 6.82. The van der Waals surface area contributed by atoms with E-state index < -0.39 is 30.2 Å². The number of benzene rings is 1. The third-order valence-electron chi connectivity index (χ3n) is 5.27. The number of rotatable bonds is 4. The maximum Gasteiger partial charge on any atom is 0.416 e. The molecule has 2 amide bonds. The minimum atomic E-state index is -4.48. The van der Waals surface area contributed by atoms with Gasteiger partial charge in [-0.2, -0.15) is 18.3 Å². The van der Waals surface area contributed by atoms with Crippen LogP contribution in [0.25, 0.3) is 0 Å². The summed E-state index contributed by atoms with van der Waals surface area (Å²) in [6.07, 6.45) is -3.15. The van der Waals surface area contributed by atoms with E-state index in [1.807, 2.05) is 0 Å². The Labute approximate surface area is 186 Å². The van der Waals surface area contributed by atoms with E-state index in [2.05, 4.69) is 15.4 Å². The molecule has 1 N–H and O–H groups in total. The number of anilines is 2. The number of alkyl halides is 4. The Kier molecular flexibility index (Phi) is 5.64.